The molecular weight excluding hydrogens is 284 g/mol. The summed E-state index contributed by atoms with van der Waals surface area (Å²) >= 11 is 1.30. The van der Waals surface area contributed by atoms with Gasteiger partial charge in [0.15, 0.2) is 0 Å². The highest BCUT2D eigenvalue weighted by Crippen LogP contribution is 2.31. The molecule has 1 N–H and O–H groups in total. The van der Waals surface area contributed by atoms with E-state index in [2.05, 4.69) is 0 Å². The number of carbonyl (C=O) groups excluding carboxylic acids is 1. The Morgan fingerprint density at radius 1 is 1.40 bits per heavy atom. The van der Waals surface area contributed by atoms with Crippen molar-refractivity contribution in [2.45, 2.75) is 13.3 Å². The lowest BCUT2D eigenvalue weighted by molar-refractivity contribution is 0.0513. The number of aliphatic hydroxyl groups is 1. The van der Waals surface area contributed by atoms with E-state index >= 15 is 0 Å². The topological polar surface area (TPSA) is 40.5 Å². The number of amides is 1. The molecule has 0 aliphatic rings. The zero-order chi connectivity index (χ0) is 14.7. The van der Waals surface area contributed by atoms with Crippen molar-refractivity contribution in [1.29, 1.82) is 0 Å². The van der Waals surface area contributed by atoms with Gasteiger partial charge in [-0.3, -0.25) is 4.79 Å². The number of hydrogen-bond acceptors (Lipinski definition) is 3. The largest absolute Gasteiger partial charge is 0.395 e. The Kier molecular flexibility index (Phi) is 4.67. The Balaban J connectivity index is 2.35. The molecule has 2 rings (SSSR count). The average Bonchev–Trinajstić information content (AvgIpc) is 2.75. The maximum absolute atomic E-state index is 12.5. The van der Waals surface area contributed by atoms with Gasteiger partial charge in [-0.1, -0.05) is 18.2 Å². The molecule has 0 atom stereocenters. The van der Waals surface area contributed by atoms with E-state index in [1.807, 2.05) is 31.2 Å². The van der Waals surface area contributed by atoms with Crippen molar-refractivity contribution in [3.63, 3.8) is 0 Å². The molecule has 0 fully saturated rings. The minimum absolute atomic E-state index is 0.0864. The van der Waals surface area contributed by atoms with E-state index in [1.165, 1.54) is 11.3 Å². The van der Waals surface area contributed by atoms with Crippen molar-refractivity contribution in [2.75, 3.05) is 19.7 Å². The molecule has 0 aliphatic carbocycles. The normalized spacial score (nSPS) is 11.2. The standard InChI is InChI=1S/C14H15F2NO2S/c1-9-10-4-2-3-5-11(10)20-13(9)14(19)17(6-7-18)8-12(15)16/h2-5,12,18H,6-8H2,1H3. The predicted molar refractivity (Wildman–Crippen MR) is 75.6 cm³/mol. The van der Waals surface area contributed by atoms with Gasteiger partial charge in [-0.2, -0.15) is 0 Å². The Morgan fingerprint density at radius 3 is 2.70 bits per heavy atom. The van der Waals surface area contributed by atoms with Crippen LogP contribution in [0.5, 0.6) is 0 Å². The molecule has 0 aliphatic heterocycles. The molecule has 0 unspecified atom stereocenters. The summed E-state index contributed by atoms with van der Waals surface area (Å²) < 4.78 is 26.0. The lowest BCUT2D eigenvalue weighted by Crippen LogP contribution is -2.37. The highest BCUT2D eigenvalue weighted by Gasteiger charge is 2.23. The van der Waals surface area contributed by atoms with Crippen LogP contribution in [-0.2, 0) is 0 Å². The van der Waals surface area contributed by atoms with Crippen LogP contribution in [0.15, 0.2) is 24.3 Å². The van der Waals surface area contributed by atoms with E-state index in [9.17, 15) is 13.6 Å². The third-order valence-corrected chi connectivity index (χ3v) is 4.31. The summed E-state index contributed by atoms with van der Waals surface area (Å²) in [6, 6.07) is 7.55. The molecule has 0 saturated heterocycles. The number of fused-ring (bicyclic) bond motifs is 1. The van der Waals surface area contributed by atoms with Crippen LogP contribution in [0.1, 0.15) is 15.2 Å². The zero-order valence-electron chi connectivity index (χ0n) is 11.0. The Morgan fingerprint density at radius 2 is 2.10 bits per heavy atom. The van der Waals surface area contributed by atoms with E-state index in [4.69, 9.17) is 5.11 Å². The minimum atomic E-state index is -2.61. The summed E-state index contributed by atoms with van der Waals surface area (Å²) in [6.45, 7) is 0.734. The number of thiophene rings is 1. The molecule has 1 amide bonds. The van der Waals surface area contributed by atoms with Crippen molar-refractivity contribution < 1.29 is 18.7 Å². The first-order valence-corrected chi connectivity index (χ1v) is 7.02. The van der Waals surface area contributed by atoms with Gasteiger partial charge < -0.3 is 10.0 Å². The smallest absolute Gasteiger partial charge is 0.264 e. The molecule has 0 bridgehead atoms. The summed E-state index contributed by atoms with van der Waals surface area (Å²) in [7, 11) is 0. The van der Waals surface area contributed by atoms with E-state index in [0.29, 0.717) is 4.88 Å². The molecule has 20 heavy (non-hydrogen) atoms. The number of alkyl halides is 2. The van der Waals surface area contributed by atoms with Crippen LogP contribution < -0.4 is 0 Å². The van der Waals surface area contributed by atoms with Gasteiger partial charge in [-0.05, 0) is 23.9 Å². The fourth-order valence-electron chi connectivity index (χ4n) is 2.08. The fraction of sp³-hybridized carbons (Fsp3) is 0.357. The van der Waals surface area contributed by atoms with E-state index in [1.54, 1.807) is 0 Å². The number of hydrogen-bond donors (Lipinski definition) is 1. The molecule has 0 spiro atoms. The number of carbonyl (C=O) groups is 1. The Hall–Kier alpha value is -1.53. The number of benzene rings is 1. The van der Waals surface area contributed by atoms with Gasteiger partial charge in [-0.25, -0.2) is 8.78 Å². The molecule has 1 heterocycles. The van der Waals surface area contributed by atoms with Crippen molar-refractivity contribution in [1.82, 2.24) is 4.90 Å². The quantitative estimate of drug-likeness (QED) is 0.922. The monoisotopic (exact) mass is 299 g/mol. The van der Waals surface area contributed by atoms with Gasteiger partial charge in [-0.15, -0.1) is 11.3 Å². The summed E-state index contributed by atoms with van der Waals surface area (Å²) in [5, 5.41) is 9.88. The molecule has 3 nitrogen and oxygen atoms in total. The second-order valence-electron chi connectivity index (χ2n) is 4.42. The van der Waals surface area contributed by atoms with Gasteiger partial charge in [0.2, 0.25) is 0 Å². The summed E-state index contributed by atoms with van der Waals surface area (Å²) in [4.78, 5) is 13.8. The van der Waals surface area contributed by atoms with Gasteiger partial charge in [0.05, 0.1) is 18.0 Å². The first-order valence-electron chi connectivity index (χ1n) is 6.21. The molecular formula is C14H15F2NO2S. The molecule has 0 saturated carbocycles. The first-order chi connectivity index (χ1) is 9.54. The maximum atomic E-state index is 12.5. The van der Waals surface area contributed by atoms with Crippen LogP contribution in [0.2, 0.25) is 0 Å². The lowest BCUT2D eigenvalue weighted by Gasteiger charge is -2.20. The SMILES string of the molecule is Cc1c(C(=O)N(CCO)CC(F)F)sc2ccccc12. The number of nitrogens with zero attached hydrogens (tertiary/aromatic N) is 1. The van der Waals surface area contributed by atoms with Crippen LogP contribution in [0.25, 0.3) is 10.1 Å². The molecule has 1 aromatic heterocycles. The van der Waals surface area contributed by atoms with Crippen molar-refractivity contribution in [3.05, 3.63) is 34.7 Å². The van der Waals surface area contributed by atoms with Crippen molar-refractivity contribution >= 4 is 27.3 Å². The van der Waals surface area contributed by atoms with Gasteiger partial charge in [0, 0.05) is 11.2 Å². The second kappa shape index (κ2) is 6.28. The molecule has 1 aromatic carbocycles. The van der Waals surface area contributed by atoms with Gasteiger partial charge >= 0.3 is 0 Å². The number of aryl methyl sites for hydroxylation is 1. The zero-order valence-corrected chi connectivity index (χ0v) is 11.8. The molecule has 6 heteroatoms. The lowest BCUT2D eigenvalue weighted by atomic mass is 10.1. The number of halogens is 2. The highest BCUT2D eigenvalue weighted by molar-refractivity contribution is 7.21. The van der Waals surface area contributed by atoms with Crippen LogP contribution >= 0.6 is 11.3 Å². The van der Waals surface area contributed by atoms with Crippen LogP contribution in [-0.4, -0.2) is 42.0 Å². The Labute approximate surface area is 119 Å². The van der Waals surface area contributed by atoms with Crippen LogP contribution in [0.3, 0.4) is 0 Å². The molecule has 0 radical (unpaired) electrons. The first kappa shape index (κ1) is 14.9. The van der Waals surface area contributed by atoms with E-state index < -0.39 is 18.9 Å². The summed E-state index contributed by atoms with van der Waals surface area (Å²) in [5.41, 5.74) is 0.799. The molecule has 108 valence electrons. The van der Waals surface area contributed by atoms with Crippen LogP contribution in [0, 0.1) is 6.92 Å². The predicted octanol–water partition coefficient (Wildman–Crippen LogP) is 2.91. The van der Waals surface area contributed by atoms with Crippen molar-refractivity contribution in [2.24, 2.45) is 0 Å². The summed E-state index contributed by atoms with van der Waals surface area (Å²) in [5.74, 6) is -0.446. The third kappa shape index (κ3) is 2.96. The summed E-state index contributed by atoms with van der Waals surface area (Å²) in [6.07, 6.45) is -2.61. The minimum Gasteiger partial charge on any atom is -0.395 e. The second-order valence-corrected chi connectivity index (χ2v) is 5.47. The fourth-order valence-corrected chi connectivity index (χ4v) is 3.26. The average molecular weight is 299 g/mol. The highest BCUT2D eigenvalue weighted by atomic mass is 32.1. The van der Waals surface area contributed by atoms with Gasteiger partial charge in [0.1, 0.15) is 0 Å². The van der Waals surface area contributed by atoms with E-state index in [0.717, 1.165) is 20.5 Å². The van der Waals surface area contributed by atoms with Gasteiger partial charge in [0.25, 0.3) is 12.3 Å². The number of rotatable bonds is 5. The Bertz CT molecular complexity index is 612. The third-order valence-electron chi connectivity index (χ3n) is 3.05. The maximum Gasteiger partial charge on any atom is 0.264 e. The van der Waals surface area contributed by atoms with E-state index in [-0.39, 0.29) is 13.2 Å². The van der Waals surface area contributed by atoms with Crippen LogP contribution in [0.4, 0.5) is 8.78 Å². The molecule has 2 aromatic rings. The van der Waals surface area contributed by atoms with Crippen molar-refractivity contribution in [3.8, 4) is 0 Å². The number of aliphatic hydroxyl groups excluding tert-OH is 1.